The lowest BCUT2D eigenvalue weighted by Crippen LogP contribution is -2.39. The first kappa shape index (κ1) is 18.7. The number of nitrogens with zero attached hydrogens (tertiary/aromatic N) is 2. The molecule has 0 radical (unpaired) electrons. The lowest BCUT2D eigenvalue weighted by atomic mass is 10.2. The Kier molecular flexibility index (Phi) is 6.23. The lowest BCUT2D eigenvalue weighted by molar-refractivity contribution is -0.140. The quantitative estimate of drug-likeness (QED) is 0.688. The highest BCUT2D eigenvalue weighted by Gasteiger charge is 2.33. The molecule has 0 aliphatic rings. The first-order chi connectivity index (χ1) is 11.3. The maximum atomic E-state index is 12.7. The Morgan fingerprint density at radius 2 is 2.12 bits per heavy atom. The Bertz CT molecular complexity index is 703. The molecule has 0 N–H and O–H groups in total. The smallest absolute Gasteiger partial charge is 0.328 e. The van der Waals surface area contributed by atoms with Crippen molar-refractivity contribution >= 4 is 28.8 Å². The standard InChI is InChI=1S/C16H16ClF3N2OS/c1-2-3-7-22(10-16(18,19)20)15(23)13-9-24-14(21-13)11-5-4-6-12(17)8-11/h4-6,8-9H,2-3,7,10H2,1H3. The minimum atomic E-state index is -4.44. The van der Waals surface area contributed by atoms with Crippen molar-refractivity contribution in [2.75, 3.05) is 13.1 Å². The number of unbranched alkanes of at least 4 members (excludes halogenated alkanes) is 1. The predicted octanol–water partition coefficient (Wildman–Crippen LogP) is 5.27. The third-order valence-electron chi connectivity index (χ3n) is 3.23. The molecule has 3 nitrogen and oxygen atoms in total. The molecule has 0 fully saturated rings. The summed E-state index contributed by atoms with van der Waals surface area (Å²) < 4.78 is 38.1. The molecule has 24 heavy (non-hydrogen) atoms. The number of hydrogen-bond donors (Lipinski definition) is 0. The largest absolute Gasteiger partial charge is 0.406 e. The Morgan fingerprint density at radius 3 is 2.75 bits per heavy atom. The molecule has 2 rings (SSSR count). The zero-order valence-corrected chi connectivity index (χ0v) is 14.5. The molecule has 0 aliphatic heterocycles. The van der Waals surface area contributed by atoms with Crippen LogP contribution in [-0.2, 0) is 0 Å². The molecule has 0 spiro atoms. The van der Waals surface area contributed by atoms with E-state index in [0.29, 0.717) is 22.9 Å². The molecule has 1 aromatic heterocycles. The van der Waals surface area contributed by atoms with Gasteiger partial charge in [-0.1, -0.05) is 37.1 Å². The number of alkyl halides is 3. The molecule has 0 saturated carbocycles. The van der Waals surface area contributed by atoms with Gasteiger partial charge in [0.05, 0.1) is 0 Å². The monoisotopic (exact) mass is 376 g/mol. The van der Waals surface area contributed by atoms with Crippen LogP contribution in [0.1, 0.15) is 30.3 Å². The van der Waals surface area contributed by atoms with Gasteiger partial charge in [0, 0.05) is 22.5 Å². The van der Waals surface area contributed by atoms with Gasteiger partial charge >= 0.3 is 6.18 Å². The van der Waals surface area contributed by atoms with E-state index in [1.54, 1.807) is 24.3 Å². The van der Waals surface area contributed by atoms with E-state index in [4.69, 9.17) is 11.6 Å². The average Bonchev–Trinajstić information content (AvgIpc) is 2.99. The lowest BCUT2D eigenvalue weighted by Gasteiger charge is -2.22. The summed E-state index contributed by atoms with van der Waals surface area (Å²) in [7, 11) is 0. The van der Waals surface area contributed by atoms with Crippen LogP contribution in [0.2, 0.25) is 5.02 Å². The molecule has 0 aliphatic carbocycles. The van der Waals surface area contributed by atoms with Crippen molar-refractivity contribution in [1.82, 2.24) is 9.88 Å². The summed E-state index contributed by atoms with van der Waals surface area (Å²) in [6.07, 6.45) is -3.23. The highest BCUT2D eigenvalue weighted by molar-refractivity contribution is 7.13. The summed E-state index contributed by atoms with van der Waals surface area (Å²) >= 11 is 7.12. The average molecular weight is 377 g/mol. The van der Waals surface area contributed by atoms with Crippen LogP contribution in [0.3, 0.4) is 0 Å². The van der Waals surface area contributed by atoms with Gasteiger partial charge in [-0.25, -0.2) is 4.98 Å². The molecule has 2 aromatic rings. The number of benzene rings is 1. The molecule has 0 atom stereocenters. The van der Waals surface area contributed by atoms with Gasteiger partial charge in [-0.2, -0.15) is 13.2 Å². The molecule has 1 amide bonds. The summed E-state index contributed by atoms with van der Waals surface area (Å²) in [5.74, 6) is -0.703. The zero-order valence-electron chi connectivity index (χ0n) is 12.9. The summed E-state index contributed by atoms with van der Waals surface area (Å²) in [6.45, 7) is 0.644. The topological polar surface area (TPSA) is 33.2 Å². The normalized spacial score (nSPS) is 11.5. The van der Waals surface area contributed by atoms with E-state index >= 15 is 0 Å². The zero-order chi connectivity index (χ0) is 17.7. The first-order valence-electron chi connectivity index (χ1n) is 7.37. The van der Waals surface area contributed by atoms with Crippen LogP contribution in [0.4, 0.5) is 13.2 Å². The number of amides is 1. The molecule has 0 saturated heterocycles. The van der Waals surface area contributed by atoms with Gasteiger partial charge in [0.2, 0.25) is 0 Å². The van der Waals surface area contributed by atoms with Crippen LogP contribution in [0, 0.1) is 0 Å². The Labute approximate surface area is 147 Å². The summed E-state index contributed by atoms with van der Waals surface area (Å²) in [6, 6.07) is 6.93. The van der Waals surface area contributed by atoms with Gasteiger partial charge in [-0.05, 0) is 18.6 Å². The molecular formula is C16H16ClF3N2OS. The molecular weight excluding hydrogens is 361 g/mol. The van der Waals surface area contributed by atoms with E-state index in [-0.39, 0.29) is 12.2 Å². The third-order valence-corrected chi connectivity index (χ3v) is 4.36. The molecule has 1 heterocycles. The fourth-order valence-electron chi connectivity index (χ4n) is 2.11. The van der Waals surface area contributed by atoms with Gasteiger partial charge in [0.1, 0.15) is 17.2 Å². The first-order valence-corrected chi connectivity index (χ1v) is 8.63. The van der Waals surface area contributed by atoms with Gasteiger partial charge < -0.3 is 4.90 Å². The highest BCUT2D eigenvalue weighted by atomic mass is 35.5. The second-order valence-electron chi connectivity index (χ2n) is 5.24. The molecule has 1 aromatic carbocycles. The van der Waals surface area contributed by atoms with E-state index in [2.05, 4.69) is 4.98 Å². The van der Waals surface area contributed by atoms with Crippen LogP contribution in [0.15, 0.2) is 29.6 Å². The maximum absolute atomic E-state index is 12.7. The summed E-state index contributed by atoms with van der Waals surface area (Å²) in [5, 5.41) is 2.55. The number of hydrogen-bond acceptors (Lipinski definition) is 3. The van der Waals surface area contributed by atoms with Crippen LogP contribution < -0.4 is 0 Å². The number of carbonyl (C=O) groups excluding carboxylic acids is 1. The maximum Gasteiger partial charge on any atom is 0.406 e. The van der Waals surface area contributed by atoms with Crippen molar-refractivity contribution in [3.05, 3.63) is 40.4 Å². The van der Waals surface area contributed by atoms with Crippen LogP contribution >= 0.6 is 22.9 Å². The van der Waals surface area contributed by atoms with Crippen molar-refractivity contribution in [3.63, 3.8) is 0 Å². The van der Waals surface area contributed by atoms with Crippen molar-refractivity contribution in [2.45, 2.75) is 25.9 Å². The molecule has 0 unspecified atom stereocenters. The second kappa shape index (κ2) is 7.98. The van der Waals surface area contributed by atoms with Crippen molar-refractivity contribution in [3.8, 4) is 10.6 Å². The fraction of sp³-hybridized carbons (Fsp3) is 0.375. The molecule has 8 heteroatoms. The van der Waals surface area contributed by atoms with E-state index < -0.39 is 18.6 Å². The summed E-state index contributed by atoms with van der Waals surface area (Å²) in [5.41, 5.74) is 0.748. The Balaban J connectivity index is 2.20. The van der Waals surface area contributed by atoms with Gasteiger partial charge in [-0.15, -0.1) is 11.3 Å². The minimum absolute atomic E-state index is 0.0235. The number of halogens is 4. The van der Waals surface area contributed by atoms with Crippen molar-refractivity contribution in [1.29, 1.82) is 0 Å². The predicted molar refractivity (Wildman–Crippen MR) is 89.4 cm³/mol. The van der Waals surface area contributed by atoms with Gasteiger partial charge in [-0.3, -0.25) is 4.79 Å². The minimum Gasteiger partial charge on any atom is -0.328 e. The molecule has 0 bridgehead atoms. The van der Waals surface area contributed by atoms with Crippen LogP contribution in [0.5, 0.6) is 0 Å². The number of carbonyl (C=O) groups is 1. The fourth-order valence-corrected chi connectivity index (χ4v) is 3.09. The van der Waals surface area contributed by atoms with Gasteiger partial charge in [0.25, 0.3) is 5.91 Å². The number of thiazole rings is 1. The van der Waals surface area contributed by atoms with E-state index in [1.165, 1.54) is 16.7 Å². The Hall–Kier alpha value is -1.60. The molecule has 130 valence electrons. The SMILES string of the molecule is CCCCN(CC(F)(F)F)C(=O)c1csc(-c2cccc(Cl)c2)n1. The van der Waals surface area contributed by atoms with Crippen molar-refractivity contribution in [2.24, 2.45) is 0 Å². The number of rotatable bonds is 6. The number of aromatic nitrogens is 1. The van der Waals surface area contributed by atoms with E-state index in [9.17, 15) is 18.0 Å². The van der Waals surface area contributed by atoms with Crippen molar-refractivity contribution < 1.29 is 18.0 Å². The summed E-state index contributed by atoms with van der Waals surface area (Å²) in [4.78, 5) is 17.4. The van der Waals surface area contributed by atoms with Gasteiger partial charge in [0.15, 0.2) is 0 Å². The Morgan fingerprint density at radius 1 is 1.38 bits per heavy atom. The van der Waals surface area contributed by atoms with Crippen LogP contribution in [0.25, 0.3) is 10.6 Å². The van der Waals surface area contributed by atoms with E-state index in [0.717, 1.165) is 10.5 Å². The highest BCUT2D eigenvalue weighted by Crippen LogP contribution is 2.27. The van der Waals surface area contributed by atoms with Crippen LogP contribution in [-0.4, -0.2) is 35.1 Å². The van der Waals surface area contributed by atoms with E-state index in [1.807, 2.05) is 6.92 Å². The second-order valence-corrected chi connectivity index (χ2v) is 6.54. The third kappa shape index (κ3) is 5.21.